The highest BCUT2D eigenvalue weighted by molar-refractivity contribution is 7.17. The van der Waals surface area contributed by atoms with Gasteiger partial charge >= 0.3 is 0 Å². The lowest BCUT2D eigenvalue weighted by Crippen LogP contribution is -2.32. The van der Waals surface area contributed by atoms with Crippen molar-refractivity contribution in [3.63, 3.8) is 0 Å². The molecule has 2 aromatic heterocycles. The number of benzene rings is 7. The summed E-state index contributed by atoms with van der Waals surface area (Å²) < 4.78 is 5.22. The Morgan fingerprint density at radius 3 is 2.39 bits per heavy atom. The molecule has 3 aliphatic rings. The Morgan fingerprint density at radius 2 is 1.46 bits per heavy atom. The first-order valence-corrected chi connectivity index (χ1v) is 20.0. The van der Waals surface area contributed by atoms with Gasteiger partial charge in [-0.25, -0.2) is 0 Å². The fraction of sp³-hybridized carbons (Fsp3) is 0.0980. The van der Waals surface area contributed by atoms with E-state index in [1.807, 2.05) is 11.3 Å². The quantitative estimate of drug-likeness (QED) is 0.165. The Morgan fingerprint density at radius 1 is 0.667 bits per heavy atom. The van der Waals surface area contributed by atoms with Crippen LogP contribution in [-0.4, -0.2) is 4.57 Å². The number of para-hydroxylation sites is 1. The summed E-state index contributed by atoms with van der Waals surface area (Å²) in [6.07, 6.45) is 10.2. The Hall–Kier alpha value is -6.16. The van der Waals surface area contributed by atoms with Gasteiger partial charge in [0.05, 0.1) is 10.0 Å². The van der Waals surface area contributed by atoms with E-state index in [0.29, 0.717) is 5.92 Å². The van der Waals surface area contributed by atoms with E-state index in [0.717, 1.165) is 19.3 Å². The first-order valence-electron chi connectivity index (χ1n) is 19.2. The fourth-order valence-electron chi connectivity index (χ4n) is 9.75. The van der Waals surface area contributed by atoms with E-state index in [1.165, 1.54) is 109 Å². The molecule has 0 bridgehead atoms. The van der Waals surface area contributed by atoms with Crippen molar-refractivity contribution < 1.29 is 0 Å². The molecule has 3 aliphatic carbocycles. The predicted molar refractivity (Wildman–Crippen MR) is 231 cm³/mol. The van der Waals surface area contributed by atoms with E-state index in [9.17, 15) is 0 Å². The number of rotatable bonds is 4. The fourth-order valence-corrected chi connectivity index (χ4v) is 11.0. The molecular formula is C51H36N2S. The van der Waals surface area contributed by atoms with Gasteiger partial charge in [0.2, 0.25) is 0 Å². The number of fused-ring (bicyclic) bond motifs is 11. The minimum absolute atomic E-state index is 0.515. The van der Waals surface area contributed by atoms with Gasteiger partial charge in [0.25, 0.3) is 0 Å². The lowest BCUT2D eigenvalue weighted by Gasteiger charge is -2.29. The Labute approximate surface area is 317 Å². The molecule has 0 radical (unpaired) electrons. The van der Waals surface area contributed by atoms with E-state index >= 15 is 0 Å². The topological polar surface area (TPSA) is 8.17 Å². The molecular weight excluding hydrogens is 673 g/mol. The normalized spacial score (nSPS) is 15.5. The van der Waals surface area contributed by atoms with Gasteiger partial charge in [0, 0.05) is 43.9 Å². The van der Waals surface area contributed by atoms with Crippen molar-refractivity contribution >= 4 is 83.1 Å². The molecule has 2 heterocycles. The van der Waals surface area contributed by atoms with E-state index < -0.39 is 0 Å². The number of thiophene rings is 1. The molecule has 9 aromatic rings. The summed E-state index contributed by atoms with van der Waals surface area (Å²) >= 11 is 1.94. The highest BCUT2D eigenvalue weighted by atomic mass is 32.1. The second-order valence-corrected chi connectivity index (χ2v) is 16.3. The molecule has 0 N–H and O–H groups in total. The number of nitrogens with zero attached hydrogens (tertiary/aromatic N) is 2. The molecule has 0 fully saturated rings. The molecule has 3 heteroatoms. The van der Waals surface area contributed by atoms with Crippen molar-refractivity contribution in [2.45, 2.75) is 26.2 Å². The maximum atomic E-state index is 2.60. The van der Waals surface area contributed by atoms with Crippen molar-refractivity contribution in [3.8, 4) is 27.9 Å². The maximum absolute atomic E-state index is 2.60. The summed E-state index contributed by atoms with van der Waals surface area (Å²) in [5.41, 5.74) is 14.3. The summed E-state index contributed by atoms with van der Waals surface area (Å²) in [6.45, 7) is 2.33. The van der Waals surface area contributed by atoms with Gasteiger partial charge in [0.1, 0.15) is 0 Å². The molecule has 256 valence electrons. The number of aromatic nitrogens is 1. The molecule has 0 aliphatic heterocycles. The third-order valence-corrected chi connectivity index (χ3v) is 13.3. The second kappa shape index (κ2) is 11.4. The van der Waals surface area contributed by atoms with Gasteiger partial charge in [-0.3, -0.25) is 0 Å². The smallest absolute Gasteiger partial charge is 0.0558 e. The highest BCUT2D eigenvalue weighted by Crippen LogP contribution is 2.52. The summed E-state index contributed by atoms with van der Waals surface area (Å²) in [5.74, 6) is 0.515. The third-order valence-electron chi connectivity index (χ3n) is 12.1. The lowest BCUT2D eigenvalue weighted by atomic mass is 9.93. The average molecular weight is 709 g/mol. The first-order chi connectivity index (χ1) is 26.7. The largest absolute Gasteiger partial charge is 0.313 e. The average Bonchev–Trinajstić information content (AvgIpc) is 3.87. The number of allylic oxidation sites excluding steroid dienone is 1. The molecule has 0 spiro atoms. The maximum Gasteiger partial charge on any atom is 0.0558 e. The summed E-state index contributed by atoms with van der Waals surface area (Å²) in [7, 11) is 0. The zero-order valence-corrected chi connectivity index (χ0v) is 30.8. The molecule has 0 saturated heterocycles. The van der Waals surface area contributed by atoms with Gasteiger partial charge in [0.15, 0.2) is 0 Å². The number of anilines is 2. The third kappa shape index (κ3) is 4.27. The minimum Gasteiger partial charge on any atom is -0.313 e. The molecule has 7 aromatic carbocycles. The Balaban J connectivity index is 1.15. The number of hydrogen-bond donors (Lipinski definition) is 0. The summed E-state index contributed by atoms with van der Waals surface area (Å²) in [6, 6.07) is 52.4. The van der Waals surface area contributed by atoms with Crippen molar-refractivity contribution in [2.24, 2.45) is 5.92 Å². The van der Waals surface area contributed by atoms with Crippen LogP contribution < -0.4 is 14.7 Å². The molecule has 0 amide bonds. The summed E-state index contributed by atoms with van der Waals surface area (Å²) in [5, 5.41) is 9.39. The summed E-state index contributed by atoms with van der Waals surface area (Å²) in [4.78, 5) is 2.60. The van der Waals surface area contributed by atoms with E-state index in [1.54, 1.807) is 0 Å². The van der Waals surface area contributed by atoms with Crippen LogP contribution in [0.15, 0.2) is 146 Å². The van der Waals surface area contributed by atoms with Crippen LogP contribution in [-0.2, 0) is 6.42 Å². The second-order valence-electron chi connectivity index (χ2n) is 15.2. The van der Waals surface area contributed by atoms with E-state index in [4.69, 9.17) is 0 Å². The highest BCUT2D eigenvalue weighted by Gasteiger charge is 2.28. The van der Waals surface area contributed by atoms with Gasteiger partial charge in [-0.05, 0) is 134 Å². The standard InChI is InChI=1S/C51H36N2S/c1-31-21-26-45-44(27-31)38-24-22-36(30-47(38)53(45)34-13-3-2-4-14-34)52(46-19-10-18-42-39-16-7-8-20-48(39)54-51(42)46)35-23-25-41-43(29-35)40-17-9-12-33-28-32-11-5-6-15-37(32)50(41)49(33)40/h2-9,11-18,20-26,28-31H,10,19,27H2,1H3. The Bertz CT molecular complexity index is 3210. The van der Waals surface area contributed by atoms with Crippen LogP contribution in [0.25, 0.3) is 88.3 Å². The van der Waals surface area contributed by atoms with Crippen LogP contribution in [0.5, 0.6) is 0 Å². The SMILES string of the molecule is CC1C=Cc2c(c3ccc(N(C4=c5sc6ccccc6c5=CCC4)c4ccc5c(c4)-c4cccc6cc7ccccc7c-5c46)cc3n2-c2ccccc2)C1. The van der Waals surface area contributed by atoms with Crippen molar-refractivity contribution in [3.05, 3.63) is 167 Å². The predicted octanol–water partition coefficient (Wildman–Crippen LogP) is 12.5. The van der Waals surface area contributed by atoms with Crippen molar-refractivity contribution in [2.75, 3.05) is 4.90 Å². The van der Waals surface area contributed by atoms with Crippen LogP contribution in [0.3, 0.4) is 0 Å². The zero-order chi connectivity index (χ0) is 35.5. The Kier molecular flexibility index (Phi) is 6.41. The molecule has 12 rings (SSSR count). The van der Waals surface area contributed by atoms with E-state index in [-0.39, 0.29) is 0 Å². The van der Waals surface area contributed by atoms with Crippen molar-refractivity contribution in [1.29, 1.82) is 0 Å². The molecule has 2 nitrogen and oxygen atoms in total. The first kappa shape index (κ1) is 30.3. The van der Waals surface area contributed by atoms with Crippen LogP contribution in [0.1, 0.15) is 31.0 Å². The molecule has 0 saturated carbocycles. The van der Waals surface area contributed by atoms with Crippen LogP contribution >= 0.6 is 11.3 Å². The minimum atomic E-state index is 0.515. The zero-order valence-electron chi connectivity index (χ0n) is 30.0. The molecule has 54 heavy (non-hydrogen) atoms. The van der Waals surface area contributed by atoms with Gasteiger partial charge < -0.3 is 9.47 Å². The van der Waals surface area contributed by atoms with Gasteiger partial charge in [-0.1, -0.05) is 110 Å². The van der Waals surface area contributed by atoms with Crippen LogP contribution in [0.2, 0.25) is 0 Å². The van der Waals surface area contributed by atoms with Crippen LogP contribution in [0, 0.1) is 5.92 Å². The van der Waals surface area contributed by atoms with E-state index in [2.05, 4.69) is 174 Å². The van der Waals surface area contributed by atoms with Gasteiger partial charge in [-0.2, -0.15) is 0 Å². The van der Waals surface area contributed by atoms with Crippen LogP contribution in [0.4, 0.5) is 11.4 Å². The molecule has 1 atom stereocenters. The monoisotopic (exact) mass is 708 g/mol. The lowest BCUT2D eigenvalue weighted by molar-refractivity contribution is 0.718. The van der Waals surface area contributed by atoms with Gasteiger partial charge in [-0.15, -0.1) is 11.3 Å². The van der Waals surface area contributed by atoms with Crippen molar-refractivity contribution in [1.82, 2.24) is 4.57 Å². The molecule has 1 unspecified atom stereocenters. The number of hydrogen-bond acceptors (Lipinski definition) is 2.